The number of rotatable bonds is 5. The van der Waals surface area contributed by atoms with Gasteiger partial charge in [-0.25, -0.2) is 9.97 Å². The van der Waals surface area contributed by atoms with Crippen molar-refractivity contribution in [2.45, 2.75) is 43.9 Å². The lowest BCUT2D eigenvalue weighted by Gasteiger charge is -2.32. The number of hydrogen-bond donors (Lipinski definition) is 3. The van der Waals surface area contributed by atoms with Crippen LogP contribution in [0.3, 0.4) is 0 Å². The van der Waals surface area contributed by atoms with Gasteiger partial charge in [-0.1, -0.05) is 0 Å². The molecule has 10 heteroatoms. The Labute approximate surface area is 196 Å². The van der Waals surface area contributed by atoms with Crippen molar-refractivity contribution in [1.82, 2.24) is 29.5 Å². The molecule has 4 aromatic rings. The standard InChI is InChI=1S/C24H27N7O3/c1-25-21-11-19(28-23-16(12-27-31(21)23)24(33)29-18-4-5-20(18)32)17-13-30(14-6-9-34-10-7-14)22-15(17)3-2-8-26-22/h2-3,8,11-14,18,20,25,32H,4-7,9-10H2,1H3,(H,29,33)/t18?,20-/m1/s1. The molecule has 0 spiro atoms. The van der Waals surface area contributed by atoms with Crippen LogP contribution in [-0.4, -0.2) is 67.6 Å². The Hall–Kier alpha value is -3.50. The Morgan fingerprint density at radius 1 is 1.21 bits per heavy atom. The maximum atomic E-state index is 13.0. The lowest BCUT2D eigenvalue weighted by atomic mass is 9.89. The number of ether oxygens (including phenoxy) is 1. The molecule has 34 heavy (non-hydrogen) atoms. The molecule has 1 saturated carbocycles. The topological polar surface area (TPSA) is 119 Å². The van der Waals surface area contributed by atoms with Gasteiger partial charge in [0.25, 0.3) is 5.91 Å². The first-order valence-electron chi connectivity index (χ1n) is 11.7. The summed E-state index contributed by atoms with van der Waals surface area (Å²) >= 11 is 0. The highest BCUT2D eigenvalue weighted by molar-refractivity contribution is 6.01. The minimum absolute atomic E-state index is 0.224. The van der Waals surface area contributed by atoms with E-state index >= 15 is 0 Å². The van der Waals surface area contributed by atoms with Crippen molar-refractivity contribution < 1.29 is 14.6 Å². The maximum absolute atomic E-state index is 13.0. The zero-order valence-corrected chi connectivity index (χ0v) is 18.9. The molecule has 4 aromatic heterocycles. The van der Waals surface area contributed by atoms with E-state index in [4.69, 9.17) is 9.72 Å². The summed E-state index contributed by atoms with van der Waals surface area (Å²) in [4.78, 5) is 22.5. The summed E-state index contributed by atoms with van der Waals surface area (Å²) in [7, 11) is 1.82. The van der Waals surface area contributed by atoms with E-state index in [0.29, 0.717) is 23.7 Å². The lowest BCUT2D eigenvalue weighted by molar-refractivity contribution is 0.0448. The van der Waals surface area contributed by atoms with Crippen LogP contribution in [0.4, 0.5) is 5.82 Å². The second-order valence-corrected chi connectivity index (χ2v) is 8.96. The Bertz CT molecular complexity index is 1370. The summed E-state index contributed by atoms with van der Waals surface area (Å²) in [6.45, 7) is 1.48. The van der Waals surface area contributed by atoms with E-state index in [9.17, 15) is 9.90 Å². The molecular formula is C24H27N7O3. The van der Waals surface area contributed by atoms with Gasteiger partial charge in [0, 0.05) is 55.7 Å². The van der Waals surface area contributed by atoms with E-state index in [1.807, 2.05) is 25.4 Å². The molecule has 0 radical (unpaired) electrons. The maximum Gasteiger partial charge on any atom is 0.257 e. The van der Waals surface area contributed by atoms with Gasteiger partial charge in [0.2, 0.25) is 0 Å². The summed E-state index contributed by atoms with van der Waals surface area (Å²) in [5.41, 5.74) is 3.45. The van der Waals surface area contributed by atoms with Gasteiger partial charge in [0.15, 0.2) is 5.65 Å². The predicted molar refractivity (Wildman–Crippen MR) is 127 cm³/mol. The predicted octanol–water partition coefficient (Wildman–Crippen LogP) is 2.39. The molecule has 6 rings (SSSR count). The third kappa shape index (κ3) is 3.41. The van der Waals surface area contributed by atoms with E-state index in [2.05, 4.69) is 37.5 Å². The van der Waals surface area contributed by atoms with Crippen molar-refractivity contribution >= 4 is 28.4 Å². The molecule has 176 valence electrons. The summed E-state index contributed by atoms with van der Waals surface area (Å²) < 4.78 is 9.43. The van der Waals surface area contributed by atoms with Gasteiger partial charge in [-0.05, 0) is 37.8 Å². The average Bonchev–Trinajstić information content (AvgIpc) is 3.48. The van der Waals surface area contributed by atoms with Gasteiger partial charge in [-0.15, -0.1) is 0 Å². The lowest BCUT2D eigenvalue weighted by Crippen LogP contribution is -2.50. The van der Waals surface area contributed by atoms with Gasteiger partial charge >= 0.3 is 0 Å². The SMILES string of the molecule is CNc1cc(-c2cn(C3CCOCC3)c3ncccc23)nc2c(C(=O)NC3CC[C@H]3O)cnn12. The third-order valence-electron chi connectivity index (χ3n) is 6.98. The van der Waals surface area contributed by atoms with Crippen LogP contribution in [0.25, 0.3) is 27.9 Å². The number of nitrogens with zero attached hydrogens (tertiary/aromatic N) is 5. The number of aliphatic hydroxyl groups is 1. The first-order valence-corrected chi connectivity index (χ1v) is 11.7. The molecule has 1 amide bonds. The Morgan fingerprint density at radius 2 is 2.06 bits per heavy atom. The van der Waals surface area contributed by atoms with E-state index in [1.54, 1.807) is 4.52 Å². The number of aromatic nitrogens is 5. The number of anilines is 1. The molecule has 2 aliphatic rings. The summed E-state index contributed by atoms with van der Waals surface area (Å²) in [5, 5.41) is 21.4. The van der Waals surface area contributed by atoms with Gasteiger partial charge in [0.05, 0.1) is 24.0 Å². The Kier molecular flexibility index (Phi) is 5.19. The molecule has 1 saturated heterocycles. The van der Waals surface area contributed by atoms with Crippen LogP contribution >= 0.6 is 0 Å². The molecule has 1 unspecified atom stereocenters. The van der Waals surface area contributed by atoms with Crippen LogP contribution in [0.2, 0.25) is 0 Å². The molecule has 2 atom stereocenters. The van der Waals surface area contributed by atoms with E-state index in [-0.39, 0.29) is 11.9 Å². The summed E-state index contributed by atoms with van der Waals surface area (Å²) in [6.07, 6.45) is 8.31. The minimum Gasteiger partial charge on any atom is -0.391 e. The largest absolute Gasteiger partial charge is 0.391 e. The van der Waals surface area contributed by atoms with Crippen molar-refractivity contribution in [3.8, 4) is 11.3 Å². The molecule has 10 nitrogen and oxygen atoms in total. The second-order valence-electron chi connectivity index (χ2n) is 8.96. The smallest absolute Gasteiger partial charge is 0.257 e. The molecule has 1 aliphatic carbocycles. The van der Waals surface area contributed by atoms with Gasteiger partial charge in [-0.2, -0.15) is 9.61 Å². The van der Waals surface area contributed by atoms with Crippen molar-refractivity contribution in [2.75, 3.05) is 25.6 Å². The number of pyridine rings is 1. The Morgan fingerprint density at radius 3 is 2.79 bits per heavy atom. The fourth-order valence-corrected chi connectivity index (χ4v) is 4.86. The van der Waals surface area contributed by atoms with Crippen molar-refractivity contribution in [1.29, 1.82) is 0 Å². The fraction of sp³-hybridized carbons (Fsp3) is 0.417. The fourth-order valence-electron chi connectivity index (χ4n) is 4.86. The van der Waals surface area contributed by atoms with Crippen LogP contribution in [0.5, 0.6) is 0 Å². The first kappa shape index (κ1) is 21.1. The van der Waals surface area contributed by atoms with E-state index < -0.39 is 6.10 Å². The van der Waals surface area contributed by atoms with E-state index in [1.165, 1.54) is 6.20 Å². The van der Waals surface area contributed by atoms with Crippen LogP contribution in [0, 0.1) is 0 Å². The number of fused-ring (bicyclic) bond motifs is 2. The van der Waals surface area contributed by atoms with Crippen LogP contribution < -0.4 is 10.6 Å². The number of carbonyl (C=O) groups is 1. The molecule has 5 heterocycles. The summed E-state index contributed by atoms with van der Waals surface area (Å²) in [5.74, 6) is 0.440. The quantitative estimate of drug-likeness (QED) is 0.418. The summed E-state index contributed by atoms with van der Waals surface area (Å²) in [6, 6.07) is 6.02. The van der Waals surface area contributed by atoms with Gasteiger partial charge in [-0.3, -0.25) is 4.79 Å². The molecule has 0 bridgehead atoms. The van der Waals surface area contributed by atoms with Gasteiger partial charge < -0.3 is 25.0 Å². The second kappa shape index (κ2) is 8.37. The van der Waals surface area contributed by atoms with Crippen LogP contribution in [-0.2, 0) is 4.74 Å². The number of aliphatic hydroxyl groups excluding tert-OH is 1. The highest BCUT2D eigenvalue weighted by Crippen LogP contribution is 2.34. The monoisotopic (exact) mass is 461 g/mol. The molecular weight excluding hydrogens is 434 g/mol. The van der Waals surface area contributed by atoms with Gasteiger partial charge in [0.1, 0.15) is 17.0 Å². The zero-order chi connectivity index (χ0) is 23.2. The highest BCUT2D eigenvalue weighted by Gasteiger charge is 2.31. The van der Waals surface area contributed by atoms with Crippen LogP contribution in [0.15, 0.2) is 36.8 Å². The van der Waals surface area contributed by atoms with E-state index in [0.717, 1.165) is 60.6 Å². The number of carbonyl (C=O) groups excluding carboxylic acids is 1. The first-order chi connectivity index (χ1) is 16.6. The number of hydrogen-bond acceptors (Lipinski definition) is 7. The zero-order valence-electron chi connectivity index (χ0n) is 18.9. The average molecular weight is 462 g/mol. The highest BCUT2D eigenvalue weighted by atomic mass is 16.5. The number of amides is 1. The Balaban J connectivity index is 1.46. The molecule has 0 aromatic carbocycles. The molecule has 1 aliphatic heterocycles. The number of nitrogens with one attached hydrogen (secondary N) is 2. The van der Waals surface area contributed by atoms with Crippen molar-refractivity contribution in [2.24, 2.45) is 0 Å². The normalized spacial score (nSPS) is 21.0. The minimum atomic E-state index is -0.494. The van der Waals surface area contributed by atoms with Crippen molar-refractivity contribution in [3.05, 3.63) is 42.4 Å². The van der Waals surface area contributed by atoms with Crippen LogP contribution in [0.1, 0.15) is 42.1 Å². The molecule has 2 fully saturated rings. The molecule has 3 N–H and O–H groups in total. The third-order valence-corrected chi connectivity index (χ3v) is 6.98. The van der Waals surface area contributed by atoms with Crippen molar-refractivity contribution in [3.63, 3.8) is 0 Å².